The number of carbonyl (C=O) groups excluding carboxylic acids is 1. The van der Waals surface area contributed by atoms with Gasteiger partial charge in [0, 0.05) is 23.6 Å². The maximum atomic E-state index is 13.3. The van der Waals surface area contributed by atoms with Gasteiger partial charge in [-0.15, -0.1) is 0 Å². The highest BCUT2D eigenvalue weighted by Gasteiger charge is 2.35. The topological polar surface area (TPSA) is 77.1 Å². The van der Waals surface area contributed by atoms with E-state index in [4.69, 9.17) is 0 Å². The molecule has 0 unspecified atom stereocenters. The number of nitrogens with zero attached hydrogens (tertiary/aromatic N) is 5. The number of amides is 1. The predicted octanol–water partition coefficient (Wildman–Crippen LogP) is 4.32. The van der Waals surface area contributed by atoms with Crippen molar-refractivity contribution in [1.82, 2.24) is 24.4 Å². The van der Waals surface area contributed by atoms with Gasteiger partial charge in [-0.25, -0.2) is 9.50 Å². The summed E-state index contributed by atoms with van der Waals surface area (Å²) >= 11 is 3.33. The first-order valence-electron chi connectivity index (χ1n) is 8.72. The van der Waals surface area contributed by atoms with Crippen LogP contribution in [0.4, 0.5) is 18.9 Å². The molecular weight excluding hydrogens is 465 g/mol. The number of aryl methyl sites for hydroxylation is 1. The van der Waals surface area contributed by atoms with E-state index in [-0.39, 0.29) is 17.0 Å². The van der Waals surface area contributed by atoms with Gasteiger partial charge in [0.05, 0.1) is 17.2 Å². The quantitative estimate of drug-likeness (QED) is 0.473. The van der Waals surface area contributed by atoms with Gasteiger partial charge in [-0.2, -0.15) is 23.4 Å². The van der Waals surface area contributed by atoms with E-state index in [0.717, 1.165) is 16.1 Å². The van der Waals surface area contributed by atoms with Crippen LogP contribution in [0, 0.1) is 6.92 Å². The van der Waals surface area contributed by atoms with Gasteiger partial charge in [0.1, 0.15) is 5.69 Å². The minimum Gasteiger partial charge on any atom is -0.321 e. The normalized spacial score (nSPS) is 11.8. The molecule has 0 radical (unpaired) electrons. The molecule has 1 amide bonds. The molecule has 4 aromatic rings. The number of anilines is 1. The molecule has 154 valence electrons. The van der Waals surface area contributed by atoms with Gasteiger partial charge in [-0.1, -0.05) is 12.1 Å². The van der Waals surface area contributed by atoms with Gasteiger partial charge in [0.2, 0.25) is 0 Å². The summed E-state index contributed by atoms with van der Waals surface area (Å²) in [5, 5.41) is 10.7. The third-order valence-corrected chi connectivity index (χ3v) is 4.62. The summed E-state index contributed by atoms with van der Waals surface area (Å²) in [6.07, 6.45) is -1.14. The summed E-state index contributed by atoms with van der Waals surface area (Å²) in [5.41, 5.74) is 0.345. The molecule has 7 nitrogen and oxygen atoms in total. The van der Waals surface area contributed by atoms with Gasteiger partial charge in [-0.05, 0) is 46.6 Å². The van der Waals surface area contributed by atoms with Gasteiger partial charge in [0.25, 0.3) is 5.91 Å². The number of hydrogen-bond acceptors (Lipinski definition) is 4. The Morgan fingerprint density at radius 3 is 2.73 bits per heavy atom. The van der Waals surface area contributed by atoms with Crippen molar-refractivity contribution in [3.8, 4) is 0 Å². The lowest BCUT2D eigenvalue weighted by Gasteiger charge is -2.09. The van der Waals surface area contributed by atoms with E-state index in [1.165, 1.54) is 13.0 Å². The lowest BCUT2D eigenvalue weighted by molar-refractivity contribution is -0.142. The van der Waals surface area contributed by atoms with Crippen molar-refractivity contribution in [3.05, 3.63) is 75.9 Å². The largest absolute Gasteiger partial charge is 0.433 e. The highest BCUT2D eigenvalue weighted by Crippen LogP contribution is 2.30. The van der Waals surface area contributed by atoms with E-state index < -0.39 is 17.8 Å². The standard InChI is InChI=1S/C19H14BrF3N6O/c1-11-5-16(19(21,22)23)29-17(25-11)7-15(27-29)18(30)26-14-4-2-3-12(6-14)9-28-10-13(20)8-24-28/h2-8,10H,9H2,1H3,(H,26,30). The molecule has 11 heteroatoms. The summed E-state index contributed by atoms with van der Waals surface area (Å²) in [4.78, 5) is 16.6. The van der Waals surface area contributed by atoms with Crippen LogP contribution in [0.5, 0.6) is 0 Å². The molecular formula is C19H14BrF3N6O. The highest BCUT2D eigenvalue weighted by molar-refractivity contribution is 9.10. The number of aromatic nitrogens is 5. The molecule has 0 saturated heterocycles. The maximum Gasteiger partial charge on any atom is 0.433 e. The molecule has 0 fully saturated rings. The highest BCUT2D eigenvalue weighted by atomic mass is 79.9. The molecule has 3 heterocycles. The Morgan fingerprint density at radius 1 is 1.23 bits per heavy atom. The molecule has 0 saturated carbocycles. The number of alkyl halides is 3. The first kappa shape index (κ1) is 20.1. The third-order valence-electron chi connectivity index (χ3n) is 4.21. The second kappa shape index (κ2) is 7.56. The smallest absolute Gasteiger partial charge is 0.321 e. The van der Waals surface area contributed by atoms with Gasteiger partial charge in [-0.3, -0.25) is 9.48 Å². The molecule has 0 aliphatic rings. The second-order valence-electron chi connectivity index (χ2n) is 6.59. The molecule has 0 aliphatic carbocycles. The Bertz CT molecular complexity index is 1250. The lowest BCUT2D eigenvalue weighted by Crippen LogP contribution is -2.16. The predicted molar refractivity (Wildman–Crippen MR) is 106 cm³/mol. The number of nitrogens with one attached hydrogen (secondary N) is 1. The number of benzene rings is 1. The Labute approximate surface area is 176 Å². The van der Waals surface area contributed by atoms with Crippen LogP contribution in [-0.2, 0) is 12.7 Å². The average molecular weight is 479 g/mol. The van der Waals surface area contributed by atoms with Crippen molar-refractivity contribution >= 4 is 33.2 Å². The van der Waals surface area contributed by atoms with Crippen LogP contribution in [0.2, 0.25) is 0 Å². The summed E-state index contributed by atoms with van der Waals surface area (Å²) in [7, 11) is 0. The molecule has 30 heavy (non-hydrogen) atoms. The fourth-order valence-corrected chi connectivity index (χ4v) is 3.30. The van der Waals surface area contributed by atoms with Crippen molar-refractivity contribution in [3.63, 3.8) is 0 Å². The zero-order valence-electron chi connectivity index (χ0n) is 15.5. The minimum absolute atomic E-state index is 0.0505. The van der Waals surface area contributed by atoms with Crippen molar-refractivity contribution in [2.45, 2.75) is 19.6 Å². The van der Waals surface area contributed by atoms with E-state index in [9.17, 15) is 18.0 Å². The lowest BCUT2D eigenvalue weighted by atomic mass is 10.2. The Hall–Kier alpha value is -3.21. The maximum absolute atomic E-state index is 13.3. The Balaban J connectivity index is 1.58. The molecule has 3 aromatic heterocycles. The second-order valence-corrected chi connectivity index (χ2v) is 7.51. The summed E-state index contributed by atoms with van der Waals surface area (Å²) in [6, 6.07) is 9.19. The number of hydrogen-bond donors (Lipinski definition) is 1. The Morgan fingerprint density at radius 2 is 2.03 bits per heavy atom. The third kappa shape index (κ3) is 4.20. The van der Waals surface area contributed by atoms with Crippen molar-refractivity contribution < 1.29 is 18.0 Å². The summed E-state index contributed by atoms with van der Waals surface area (Å²) in [6.45, 7) is 1.94. The van der Waals surface area contributed by atoms with E-state index in [0.29, 0.717) is 16.7 Å². The van der Waals surface area contributed by atoms with Crippen molar-refractivity contribution in [1.29, 1.82) is 0 Å². The van der Waals surface area contributed by atoms with E-state index in [1.807, 2.05) is 12.3 Å². The summed E-state index contributed by atoms with van der Waals surface area (Å²) < 4.78 is 43.0. The van der Waals surface area contributed by atoms with E-state index in [2.05, 4.69) is 36.4 Å². The molecule has 1 N–H and O–H groups in total. The summed E-state index contributed by atoms with van der Waals surface area (Å²) in [5.74, 6) is -0.634. The van der Waals surface area contributed by atoms with Crippen molar-refractivity contribution in [2.75, 3.05) is 5.32 Å². The van der Waals surface area contributed by atoms with Gasteiger partial charge in [0.15, 0.2) is 11.3 Å². The van der Waals surface area contributed by atoms with Crippen LogP contribution in [-0.4, -0.2) is 30.3 Å². The SMILES string of the molecule is Cc1cc(C(F)(F)F)n2nc(C(=O)Nc3cccc(Cn4cc(Br)cn4)c3)cc2n1. The fraction of sp³-hybridized carbons (Fsp3) is 0.158. The number of rotatable bonds is 4. The fourth-order valence-electron chi connectivity index (χ4n) is 2.97. The number of halogens is 4. The van der Waals surface area contributed by atoms with Crippen LogP contribution in [0.15, 0.2) is 53.3 Å². The van der Waals surface area contributed by atoms with E-state index in [1.54, 1.807) is 29.1 Å². The number of fused-ring (bicyclic) bond motifs is 1. The van der Waals surface area contributed by atoms with Gasteiger partial charge < -0.3 is 5.32 Å². The van der Waals surface area contributed by atoms with Crippen LogP contribution in [0.25, 0.3) is 5.65 Å². The van der Waals surface area contributed by atoms with Crippen LogP contribution in [0.1, 0.15) is 27.4 Å². The van der Waals surface area contributed by atoms with Crippen LogP contribution < -0.4 is 5.32 Å². The monoisotopic (exact) mass is 478 g/mol. The zero-order valence-corrected chi connectivity index (χ0v) is 17.1. The zero-order chi connectivity index (χ0) is 21.5. The minimum atomic E-state index is -4.62. The molecule has 0 aliphatic heterocycles. The first-order valence-corrected chi connectivity index (χ1v) is 9.51. The van der Waals surface area contributed by atoms with Crippen LogP contribution in [0.3, 0.4) is 0 Å². The van der Waals surface area contributed by atoms with Gasteiger partial charge >= 0.3 is 6.18 Å². The average Bonchev–Trinajstić information content (AvgIpc) is 3.26. The first-order chi connectivity index (χ1) is 14.2. The molecule has 0 atom stereocenters. The molecule has 0 spiro atoms. The molecule has 4 rings (SSSR count). The van der Waals surface area contributed by atoms with Crippen molar-refractivity contribution in [2.24, 2.45) is 0 Å². The van der Waals surface area contributed by atoms with E-state index >= 15 is 0 Å². The number of carbonyl (C=O) groups is 1. The Kier molecular flexibility index (Phi) is 5.06. The molecule has 0 bridgehead atoms. The molecule has 1 aromatic carbocycles. The van der Waals surface area contributed by atoms with Crippen LogP contribution >= 0.6 is 15.9 Å².